The summed E-state index contributed by atoms with van der Waals surface area (Å²) in [6, 6.07) is 2.16. The minimum absolute atomic E-state index is 0.129. The lowest BCUT2D eigenvalue weighted by molar-refractivity contribution is -0.123. The molecule has 2 bridgehead atoms. The van der Waals surface area contributed by atoms with Crippen LogP contribution < -0.4 is 4.90 Å². The molecule has 1 aromatic heterocycles. The normalized spacial score (nSPS) is 37.2. The van der Waals surface area contributed by atoms with Crippen molar-refractivity contribution in [3.63, 3.8) is 0 Å². The summed E-state index contributed by atoms with van der Waals surface area (Å²) in [5.74, 6) is -3.63. The third-order valence-electron chi connectivity index (χ3n) is 6.38. The van der Waals surface area contributed by atoms with Crippen molar-refractivity contribution < 1.29 is 9.59 Å². The number of amides is 2. The van der Waals surface area contributed by atoms with Crippen LogP contribution in [0.2, 0.25) is 0 Å². The van der Waals surface area contributed by atoms with E-state index in [1.807, 2.05) is 0 Å². The molecule has 0 radical (unpaired) electrons. The number of allylic oxidation sites excluding steroid dienone is 2. The van der Waals surface area contributed by atoms with Crippen LogP contribution >= 0.6 is 80.9 Å². The van der Waals surface area contributed by atoms with Crippen molar-refractivity contribution >= 4 is 97.8 Å². The monoisotopic (exact) mass is 528 g/mol. The van der Waals surface area contributed by atoms with E-state index in [4.69, 9.17) is 69.6 Å². The summed E-state index contributed by atoms with van der Waals surface area (Å²) in [7, 11) is 0. The summed E-state index contributed by atoms with van der Waals surface area (Å²) in [6.07, 6.45) is 3.50. The molecule has 1 saturated heterocycles. The Balaban J connectivity index is 1.69. The van der Waals surface area contributed by atoms with Crippen molar-refractivity contribution in [3.05, 3.63) is 26.1 Å². The van der Waals surface area contributed by atoms with Crippen LogP contribution in [0.25, 0.3) is 0 Å². The first-order valence-corrected chi connectivity index (χ1v) is 11.9. The fourth-order valence-corrected chi connectivity index (χ4v) is 9.30. The Kier molecular flexibility index (Phi) is 4.42. The fourth-order valence-electron chi connectivity index (χ4n) is 5.02. The Bertz CT molecular complexity index is 1040. The Morgan fingerprint density at radius 2 is 1.48 bits per heavy atom. The number of imide groups is 1. The first-order chi connectivity index (χ1) is 13.5. The van der Waals surface area contributed by atoms with E-state index < -0.39 is 37.7 Å². The number of carbonyl (C=O) groups excluding carboxylic acids is 2. The molecule has 0 unspecified atom stereocenters. The zero-order chi connectivity index (χ0) is 21.1. The van der Waals surface area contributed by atoms with E-state index in [1.54, 1.807) is 0 Å². The van der Waals surface area contributed by atoms with Crippen LogP contribution in [0, 0.1) is 23.2 Å². The van der Waals surface area contributed by atoms with Gasteiger partial charge in [-0.3, -0.25) is 9.59 Å². The average molecular weight is 531 g/mol. The second kappa shape index (κ2) is 6.19. The van der Waals surface area contributed by atoms with Gasteiger partial charge in [-0.25, -0.2) is 4.90 Å². The summed E-state index contributed by atoms with van der Waals surface area (Å²) in [4.78, 5) is 25.3. The molecule has 152 valence electrons. The van der Waals surface area contributed by atoms with E-state index in [1.165, 1.54) is 11.3 Å². The summed E-state index contributed by atoms with van der Waals surface area (Å²) in [5, 5.41) is 9.79. The molecule has 2 fully saturated rings. The predicted molar refractivity (Wildman–Crippen MR) is 115 cm³/mol. The van der Waals surface area contributed by atoms with Crippen LogP contribution in [-0.4, -0.2) is 25.9 Å². The van der Waals surface area contributed by atoms with E-state index in [-0.39, 0.29) is 10.1 Å². The number of rotatable bonds is 1. The highest BCUT2D eigenvalue weighted by atomic mass is 35.5. The number of hydrogen-bond donors (Lipinski definition) is 0. The number of alkyl halides is 4. The van der Waals surface area contributed by atoms with Crippen molar-refractivity contribution in [3.8, 4) is 6.07 Å². The first kappa shape index (κ1) is 20.7. The minimum Gasteiger partial charge on any atom is -0.274 e. The van der Waals surface area contributed by atoms with Gasteiger partial charge in [0, 0.05) is 4.88 Å². The largest absolute Gasteiger partial charge is 0.274 e. The van der Waals surface area contributed by atoms with Gasteiger partial charge in [-0.05, 0) is 31.2 Å². The Labute approximate surface area is 200 Å². The molecule has 29 heavy (non-hydrogen) atoms. The summed E-state index contributed by atoms with van der Waals surface area (Å²) >= 11 is 40.4. The smallest absolute Gasteiger partial charge is 0.240 e. The van der Waals surface area contributed by atoms with Crippen LogP contribution in [0.15, 0.2) is 10.1 Å². The maximum Gasteiger partial charge on any atom is 0.240 e. The topological polar surface area (TPSA) is 61.2 Å². The summed E-state index contributed by atoms with van der Waals surface area (Å²) in [6.45, 7) is 0. The molecule has 4 atom stereocenters. The lowest BCUT2D eigenvalue weighted by Gasteiger charge is -2.34. The van der Waals surface area contributed by atoms with Crippen LogP contribution in [0.5, 0.6) is 0 Å². The highest BCUT2D eigenvalue weighted by Gasteiger charge is 2.87. The third kappa shape index (κ3) is 2.06. The molecule has 0 aromatic carbocycles. The Morgan fingerprint density at radius 1 is 0.966 bits per heavy atom. The van der Waals surface area contributed by atoms with E-state index >= 15 is 0 Å². The van der Waals surface area contributed by atoms with E-state index in [0.717, 1.165) is 41.0 Å². The molecule has 1 aliphatic heterocycles. The van der Waals surface area contributed by atoms with Gasteiger partial charge in [-0.15, -0.1) is 34.5 Å². The molecule has 3 aliphatic carbocycles. The molecule has 1 saturated carbocycles. The van der Waals surface area contributed by atoms with E-state index in [0.29, 0.717) is 10.6 Å². The number of aryl methyl sites for hydroxylation is 1. The molecule has 2 amide bonds. The maximum atomic E-state index is 13.5. The Hall–Kier alpha value is -0.190. The van der Waals surface area contributed by atoms with Crippen molar-refractivity contribution in [2.75, 3.05) is 4.90 Å². The SMILES string of the molecule is N#Cc1c(N2C(=O)[C@@H]3[C@H](C2=O)[C@@]2(Cl)C(Cl)=C(Cl)[C@@]3(Cl)C2(Cl)Cl)sc2c1CCCC2. The minimum atomic E-state index is -1.96. The van der Waals surface area contributed by atoms with Crippen molar-refractivity contribution in [1.29, 1.82) is 5.26 Å². The standard InChI is InChI=1S/C18H10Cl6N2O2S/c19-11-12(20)17(22)10-9(16(11,21)18(17,23)24)13(27)26(14(10)28)15-7(5-25)6-3-1-2-4-8(6)29-15/h9-10H,1-4H2/t9-,10+,16-,17-/m1/s1. The van der Waals surface area contributed by atoms with Gasteiger partial charge >= 0.3 is 0 Å². The van der Waals surface area contributed by atoms with Gasteiger partial charge in [-0.2, -0.15) is 5.26 Å². The molecular formula is C18H10Cl6N2O2S. The number of fused-ring (bicyclic) bond motifs is 6. The molecule has 0 spiro atoms. The quantitative estimate of drug-likeness (QED) is 0.358. The fraction of sp³-hybridized carbons (Fsp3) is 0.500. The van der Waals surface area contributed by atoms with Gasteiger partial charge < -0.3 is 0 Å². The van der Waals surface area contributed by atoms with Gasteiger partial charge in [0.1, 0.15) is 20.8 Å². The average Bonchev–Trinajstić information content (AvgIpc) is 3.25. The summed E-state index contributed by atoms with van der Waals surface area (Å²) in [5.41, 5.74) is 1.25. The zero-order valence-electron chi connectivity index (χ0n) is 14.4. The van der Waals surface area contributed by atoms with E-state index in [2.05, 4.69) is 6.07 Å². The van der Waals surface area contributed by atoms with Crippen LogP contribution in [0.4, 0.5) is 5.00 Å². The Morgan fingerprint density at radius 3 is 2.00 bits per heavy atom. The van der Waals surface area contributed by atoms with Crippen LogP contribution in [0.3, 0.4) is 0 Å². The number of hydrogen-bond acceptors (Lipinski definition) is 4. The molecule has 0 N–H and O–H groups in total. The predicted octanol–water partition coefficient (Wildman–Crippen LogP) is 5.45. The lowest BCUT2D eigenvalue weighted by atomic mass is 9.84. The summed E-state index contributed by atoms with van der Waals surface area (Å²) < 4.78 is -1.96. The van der Waals surface area contributed by atoms with Gasteiger partial charge in [0.2, 0.25) is 11.8 Å². The van der Waals surface area contributed by atoms with Crippen molar-refractivity contribution in [2.45, 2.75) is 39.8 Å². The molecule has 1 aromatic rings. The van der Waals surface area contributed by atoms with Crippen molar-refractivity contribution in [2.24, 2.45) is 11.8 Å². The number of nitriles is 1. The van der Waals surface area contributed by atoms with Gasteiger partial charge in [0.25, 0.3) is 0 Å². The van der Waals surface area contributed by atoms with Crippen LogP contribution in [0.1, 0.15) is 28.8 Å². The number of anilines is 1. The lowest BCUT2D eigenvalue weighted by Crippen LogP contribution is -2.50. The van der Waals surface area contributed by atoms with Gasteiger partial charge in [-0.1, -0.05) is 46.4 Å². The van der Waals surface area contributed by atoms with Crippen LogP contribution in [-0.2, 0) is 22.4 Å². The molecule has 11 heteroatoms. The molecule has 5 rings (SSSR count). The number of halogens is 6. The third-order valence-corrected chi connectivity index (χ3v) is 11.9. The number of nitrogens with zero attached hydrogens (tertiary/aromatic N) is 2. The first-order valence-electron chi connectivity index (χ1n) is 8.79. The second-order valence-electron chi connectivity index (χ2n) is 7.60. The maximum absolute atomic E-state index is 13.5. The number of carbonyl (C=O) groups is 2. The molecular weight excluding hydrogens is 521 g/mol. The zero-order valence-corrected chi connectivity index (χ0v) is 19.7. The molecule has 4 aliphatic rings. The van der Waals surface area contributed by atoms with Gasteiger partial charge in [0.15, 0.2) is 4.33 Å². The number of thiophene rings is 1. The molecule has 4 nitrogen and oxygen atoms in total. The highest BCUT2D eigenvalue weighted by Crippen LogP contribution is 2.77. The van der Waals surface area contributed by atoms with Gasteiger partial charge in [0.05, 0.1) is 27.5 Å². The van der Waals surface area contributed by atoms with E-state index in [9.17, 15) is 14.9 Å². The highest BCUT2D eigenvalue weighted by molar-refractivity contribution is 7.17. The van der Waals surface area contributed by atoms with Crippen molar-refractivity contribution in [1.82, 2.24) is 0 Å². The molecule has 2 heterocycles. The second-order valence-corrected chi connectivity index (χ2v) is 12.0.